The Morgan fingerprint density at radius 2 is 1.88 bits per heavy atom. The van der Waals surface area contributed by atoms with Gasteiger partial charge in [0.15, 0.2) is 0 Å². The zero-order valence-electron chi connectivity index (χ0n) is 18.8. The van der Waals surface area contributed by atoms with E-state index >= 15 is 0 Å². The van der Waals surface area contributed by atoms with E-state index in [0.29, 0.717) is 34.9 Å². The molecule has 0 unspecified atom stereocenters. The minimum Gasteiger partial charge on any atom is -0.493 e. The van der Waals surface area contributed by atoms with Crippen molar-refractivity contribution in [2.45, 2.75) is 20.4 Å². The van der Waals surface area contributed by atoms with E-state index in [1.165, 1.54) is 6.07 Å². The summed E-state index contributed by atoms with van der Waals surface area (Å²) >= 11 is 0. The number of aromatic nitrogens is 2. The normalized spacial score (nSPS) is 10.9. The predicted molar refractivity (Wildman–Crippen MR) is 126 cm³/mol. The second-order valence-corrected chi connectivity index (χ2v) is 7.69. The number of hydrogen-bond donors (Lipinski definition) is 2. The highest BCUT2D eigenvalue weighted by atomic mass is 19.1. The van der Waals surface area contributed by atoms with E-state index in [2.05, 4.69) is 28.4 Å². The minimum atomic E-state index is -1.00. The van der Waals surface area contributed by atoms with Gasteiger partial charge in [0.1, 0.15) is 11.6 Å². The van der Waals surface area contributed by atoms with Gasteiger partial charge in [0.05, 0.1) is 13.2 Å². The van der Waals surface area contributed by atoms with E-state index in [9.17, 15) is 9.18 Å². The van der Waals surface area contributed by atoms with Crippen molar-refractivity contribution in [1.29, 1.82) is 0 Å². The molecule has 4 rings (SSSR count). The highest BCUT2D eigenvalue weighted by molar-refractivity contribution is 5.76. The molecule has 34 heavy (non-hydrogen) atoms. The zero-order valence-corrected chi connectivity index (χ0v) is 18.8. The first-order valence-corrected chi connectivity index (χ1v) is 10.8. The van der Waals surface area contributed by atoms with Gasteiger partial charge in [-0.25, -0.2) is 4.39 Å². The molecule has 8 heteroatoms. The average Bonchev–Trinajstić information content (AvgIpc) is 3.31. The second kappa shape index (κ2) is 10.3. The molecule has 0 aliphatic heterocycles. The van der Waals surface area contributed by atoms with Crippen molar-refractivity contribution in [2.75, 3.05) is 13.2 Å². The number of halogens is 1. The number of carbonyl (C=O) groups is 1. The maximum Gasteiger partial charge on any atom is 0.317 e. The van der Waals surface area contributed by atoms with E-state index in [0.717, 1.165) is 16.7 Å². The molecule has 1 heterocycles. The Balaban J connectivity index is 1.59. The fourth-order valence-electron chi connectivity index (χ4n) is 3.62. The summed E-state index contributed by atoms with van der Waals surface area (Å²) in [6.45, 7) is 4.33. The molecule has 0 saturated heterocycles. The molecular weight excluding hydrogens is 437 g/mol. The molecule has 2 N–H and O–H groups in total. The molecule has 0 spiro atoms. The van der Waals surface area contributed by atoms with E-state index in [4.69, 9.17) is 14.4 Å². The first-order chi connectivity index (χ1) is 16.5. The predicted octanol–water partition coefficient (Wildman–Crippen LogP) is 5.09. The summed E-state index contributed by atoms with van der Waals surface area (Å²) in [6, 6.07) is 18.3. The van der Waals surface area contributed by atoms with Gasteiger partial charge in [-0.2, -0.15) is 4.98 Å². The number of hydrogen-bond acceptors (Lipinski definition) is 6. The third-order valence-electron chi connectivity index (χ3n) is 5.29. The van der Waals surface area contributed by atoms with Crippen LogP contribution in [0.1, 0.15) is 18.1 Å². The van der Waals surface area contributed by atoms with Crippen molar-refractivity contribution >= 4 is 5.97 Å². The molecule has 174 valence electrons. The Hall–Kier alpha value is -4.04. The van der Waals surface area contributed by atoms with Crippen LogP contribution in [0.2, 0.25) is 0 Å². The van der Waals surface area contributed by atoms with Crippen LogP contribution < -0.4 is 10.1 Å². The van der Waals surface area contributed by atoms with Crippen molar-refractivity contribution in [3.05, 3.63) is 77.6 Å². The Morgan fingerprint density at radius 3 is 2.62 bits per heavy atom. The molecule has 7 nitrogen and oxygen atoms in total. The molecule has 0 saturated carbocycles. The van der Waals surface area contributed by atoms with Gasteiger partial charge in [-0.15, -0.1) is 0 Å². The topological polar surface area (TPSA) is 97.5 Å². The number of ether oxygens (including phenoxy) is 1. The van der Waals surface area contributed by atoms with Gasteiger partial charge < -0.3 is 19.7 Å². The standard InChI is InChI=1S/C26H24FN3O4/c1-3-33-23-13-18(10-11-21(23)20-7-5-4-6-16(20)2)26-29-25(30-34-26)17-8-9-19(22(27)12-17)14-28-15-24(31)32/h4-13,28H,3,14-15H2,1-2H3,(H,31,32). The van der Waals surface area contributed by atoms with E-state index in [1.54, 1.807) is 12.1 Å². The van der Waals surface area contributed by atoms with E-state index in [1.807, 2.05) is 43.3 Å². The summed E-state index contributed by atoms with van der Waals surface area (Å²) in [5, 5.41) is 15.4. The van der Waals surface area contributed by atoms with Crippen LogP contribution in [0.15, 0.2) is 65.2 Å². The van der Waals surface area contributed by atoms with Crippen LogP contribution in [-0.4, -0.2) is 34.4 Å². The van der Waals surface area contributed by atoms with Crippen LogP contribution in [0.25, 0.3) is 34.0 Å². The van der Waals surface area contributed by atoms with Crippen LogP contribution in [0.3, 0.4) is 0 Å². The van der Waals surface area contributed by atoms with Gasteiger partial charge in [0.2, 0.25) is 5.82 Å². The molecule has 0 aliphatic carbocycles. The fourth-order valence-corrected chi connectivity index (χ4v) is 3.62. The Morgan fingerprint density at radius 1 is 1.09 bits per heavy atom. The quantitative estimate of drug-likeness (QED) is 0.358. The number of benzene rings is 3. The smallest absolute Gasteiger partial charge is 0.317 e. The summed E-state index contributed by atoms with van der Waals surface area (Å²) in [7, 11) is 0. The Bertz CT molecular complexity index is 1320. The summed E-state index contributed by atoms with van der Waals surface area (Å²) in [6.07, 6.45) is 0. The lowest BCUT2D eigenvalue weighted by Gasteiger charge is -2.13. The van der Waals surface area contributed by atoms with Gasteiger partial charge in [-0.05, 0) is 49.2 Å². The number of aryl methyl sites for hydroxylation is 1. The number of rotatable bonds is 9. The van der Waals surface area contributed by atoms with E-state index in [-0.39, 0.29) is 18.9 Å². The summed E-state index contributed by atoms with van der Waals surface area (Å²) < 4.78 is 25.8. The molecule has 0 atom stereocenters. The molecule has 3 aromatic carbocycles. The SMILES string of the molecule is CCOc1cc(-c2nc(-c3ccc(CNCC(=O)O)c(F)c3)no2)ccc1-c1ccccc1C. The number of nitrogens with one attached hydrogen (secondary N) is 1. The molecule has 0 aliphatic rings. The molecule has 4 aromatic rings. The van der Waals surface area contributed by atoms with Crippen molar-refractivity contribution in [3.8, 4) is 39.7 Å². The van der Waals surface area contributed by atoms with Crippen molar-refractivity contribution in [1.82, 2.24) is 15.5 Å². The molecule has 0 bridgehead atoms. The van der Waals surface area contributed by atoms with Crippen LogP contribution >= 0.6 is 0 Å². The number of carboxylic acids is 1. The zero-order chi connectivity index (χ0) is 24.1. The second-order valence-electron chi connectivity index (χ2n) is 7.69. The highest BCUT2D eigenvalue weighted by Gasteiger charge is 2.16. The lowest BCUT2D eigenvalue weighted by atomic mass is 9.98. The molecule has 1 aromatic heterocycles. The van der Waals surface area contributed by atoms with Gasteiger partial charge in [-0.3, -0.25) is 4.79 Å². The molecular formula is C26H24FN3O4. The van der Waals surface area contributed by atoms with Gasteiger partial charge in [0.25, 0.3) is 5.89 Å². The van der Waals surface area contributed by atoms with Gasteiger partial charge in [-0.1, -0.05) is 41.6 Å². The lowest BCUT2D eigenvalue weighted by molar-refractivity contribution is -0.136. The lowest BCUT2D eigenvalue weighted by Crippen LogP contribution is -2.22. The van der Waals surface area contributed by atoms with Crippen LogP contribution in [0, 0.1) is 12.7 Å². The monoisotopic (exact) mass is 461 g/mol. The maximum absolute atomic E-state index is 14.5. The average molecular weight is 461 g/mol. The van der Waals surface area contributed by atoms with Crippen LogP contribution in [0.4, 0.5) is 4.39 Å². The highest BCUT2D eigenvalue weighted by Crippen LogP contribution is 2.36. The Kier molecular flexibility index (Phi) is 6.98. The summed E-state index contributed by atoms with van der Waals surface area (Å²) in [4.78, 5) is 15.0. The van der Waals surface area contributed by atoms with Gasteiger partial charge in [0, 0.05) is 28.8 Å². The van der Waals surface area contributed by atoms with Crippen LogP contribution in [-0.2, 0) is 11.3 Å². The third kappa shape index (κ3) is 5.13. The summed E-state index contributed by atoms with van der Waals surface area (Å²) in [5.74, 6) is -0.239. The van der Waals surface area contributed by atoms with Crippen molar-refractivity contribution < 1.29 is 23.6 Å². The first-order valence-electron chi connectivity index (χ1n) is 10.8. The number of nitrogens with zero attached hydrogens (tertiary/aromatic N) is 2. The Labute approximate surface area is 196 Å². The van der Waals surface area contributed by atoms with Crippen molar-refractivity contribution in [2.24, 2.45) is 0 Å². The first kappa shape index (κ1) is 23.1. The largest absolute Gasteiger partial charge is 0.493 e. The minimum absolute atomic E-state index is 0.101. The fraction of sp³-hybridized carbons (Fsp3) is 0.192. The van der Waals surface area contributed by atoms with Gasteiger partial charge >= 0.3 is 5.97 Å². The maximum atomic E-state index is 14.5. The molecule has 0 radical (unpaired) electrons. The third-order valence-corrected chi connectivity index (χ3v) is 5.29. The molecule has 0 amide bonds. The number of aliphatic carboxylic acids is 1. The van der Waals surface area contributed by atoms with Crippen LogP contribution in [0.5, 0.6) is 5.75 Å². The molecule has 0 fully saturated rings. The summed E-state index contributed by atoms with van der Waals surface area (Å²) in [5.41, 5.74) is 4.68. The van der Waals surface area contributed by atoms with E-state index < -0.39 is 11.8 Å². The number of carboxylic acid groups (broad SMARTS) is 1. The van der Waals surface area contributed by atoms with Crippen molar-refractivity contribution in [3.63, 3.8) is 0 Å².